The molecule has 0 fully saturated rings. The quantitative estimate of drug-likeness (QED) is 0.911. The topological polar surface area (TPSA) is 58.6 Å². The predicted molar refractivity (Wildman–Crippen MR) is 76.8 cm³/mol. The number of para-hydroxylation sites is 2. The van der Waals surface area contributed by atoms with Crippen LogP contribution in [0.25, 0.3) is 0 Å². The smallest absolute Gasteiger partial charge is 0.268 e. The second kappa shape index (κ2) is 5.94. The number of benzene rings is 1. The van der Waals surface area contributed by atoms with Gasteiger partial charge in [-0.3, -0.25) is 14.5 Å². The number of carbonyl (C=O) groups is 2. The van der Waals surface area contributed by atoms with Gasteiger partial charge in [0.1, 0.15) is 12.3 Å². The molecule has 1 aromatic carbocycles. The summed E-state index contributed by atoms with van der Waals surface area (Å²) < 4.78 is 5.66. The van der Waals surface area contributed by atoms with Crippen LogP contribution in [-0.2, 0) is 9.59 Å². The molecule has 0 unspecified atom stereocenters. The Hall–Kier alpha value is -2.04. The summed E-state index contributed by atoms with van der Waals surface area (Å²) in [5, 5.41) is 2.80. The number of amides is 2. The first-order valence-corrected chi connectivity index (χ1v) is 6.89. The molecule has 0 radical (unpaired) electrons. The van der Waals surface area contributed by atoms with Gasteiger partial charge in [0.25, 0.3) is 5.91 Å². The van der Waals surface area contributed by atoms with Crippen molar-refractivity contribution in [3.05, 3.63) is 24.3 Å². The second-order valence-electron chi connectivity index (χ2n) is 5.13. The van der Waals surface area contributed by atoms with Gasteiger partial charge in [-0.05, 0) is 32.4 Å². The van der Waals surface area contributed by atoms with E-state index in [9.17, 15) is 9.59 Å². The van der Waals surface area contributed by atoms with E-state index in [1.165, 1.54) is 4.90 Å². The van der Waals surface area contributed by atoms with E-state index in [1.54, 1.807) is 6.07 Å². The van der Waals surface area contributed by atoms with Crippen molar-refractivity contribution in [2.75, 3.05) is 11.4 Å². The maximum Gasteiger partial charge on any atom is 0.268 e. The summed E-state index contributed by atoms with van der Waals surface area (Å²) in [6, 6.07) is 7.35. The molecule has 0 saturated heterocycles. The SMILES string of the molecule is CC[C@H]1Oc2ccccc2N(CC(=O)NC(C)C)C1=O. The van der Waals surface area contributed by atoms with Crippen LogP contribution in [0, 0.1) is 0 Å². The van der Waals surface area contributed by atoms with Crippen molar-refractivity contribution in [2.24, 2.45) is 0 Å². The molecule has 108 valence electrons. The van der Waals surface area contributed by atoms with Crippen LogP contribution in [0.3, 0.4) is 0 Å². The Morgan fingerprint density at radius 1 is 1.40 bits per heavy atom. The van der Waals surface area contributed by atoms with Crippen LogP contribution in [0.4, 0.5) is 5.69 Å². The number of anilines is 1. The van der Waals surface area contributed by atoms with Gasteiger partial charge in [0.05, 0.1) is 5.69 Å². The lowest BCUT2D eigenvalue weighted by molar-refractivity contribution is -0.129. The van der Waals surface area contributed by atoms with Gasteiger partial charge in [-0.15, -0.1) is 0 Å². The lowest BCUT2D eigenvalue weighted by Crippen LogP contribution is -2.50. The number of rotatable bonds is 4. The third-order valence-corrected chi connectivity index (χ3v) is 3.09. The molecule has 1 aromatic rings. The summed E-state index contributed by atoms with van der Waals surface area (Å²) in [7, 11) is 0. The lowest BCUT2D eigenvalue weighted by atomic mass is 10.1. The van der Waals surface area contributed by atoms with E-state index in [4.69, 9.17) is 4.74 Å². The van der Waals surface area contributed by atoms with E-state index in [-0.39, 0.29) is 24.4 Å². The lowest BCUT2D eigenvalue weighted by Gasteiger charge is -2.33. The zero-order valence-corrected chi connectivity index (χ0v) is 12.1. The van der Waals surface area contributed by atoms with Crippen molar-refractivity contribution in [1.29, 1.82) is 0 Å². The molecular weight excluding hydrogens is 256 g/mol. The molecule has 1 N–H and O–H groups in total. The van der Waals surface area contributed by atoms with Crippen LogP contribution in [0.2, 0.25) is 0 Å². The number of nitrogens with one attached hydrogen (secondary N) is 1. The van der Waals surface area contributed by atoms with Gasteiger partial charge >= 0.3 is 0 Å². The molecule has 0 aromatic heterocycles. The predicted octanol–water partition coefficient (Wildman–Crippen LogP) is 1.72. The third-order valence-electron chi connectivity index (χ3n) is 3.09. The van der Waals surface area contributed by atoms with Gasteiger partial charge < -0.3 is 10.1 Å². The summed E-state index contributed by atoms with van der Waals surface area (Å²) in [5.74, 6) is 0.321. The van der Waals surface area contributed by atoms with Crippen LogP contribution < -0.4 is 15.0 Å². The fourth-order valence-corrected chi connectivity index (χ4v) is 2.21. The molecule has 5 nitrogen and oxygen atoms in total. The summed E-state index contributed by atoms with van der Waals surface area (Å²) >= 11 is 0. The molecule has 1 atom stereocenters. The highest BCUT2D eigenvalue weighted by Gasteiger charge is 2.34. The summed E-state index contributed by atoms with van der Waals surface area (Å²) in [6.45, 7) is 5.69. The number of hydrogen-bond acceptors (Lipinski definition) is 3. The Morgan fingerprint density at radius 3 is 2.75 bits per heavy atom. The third kappa shape index (κ3) is 2.92. The van der Waals surface area contributed by atoms with E-state index < -0.39 is 6.10 Å². The first-order valence-electron chi connectivity index (χ1n) is 6.89. The van der Waals surface area contributed by atoms with Crippen molar-refractivity contribution in [1.82, 2.24) is 5.32 Å². The highest BCUT2D eigenvalue weighted by molar-refractivity contribution is 6.03. The highest BCUT2D eigenvalue weighted by atomic mass is 16.5. The monoisotopic (exact) mass is 276 g/mol. The Kier molecular flexibility index (Phi) is 4.27. The van der Waals surface area contributed by atoms with Crippen LogP contribution in [0.15, 0.2) is 24.3 Å². The molecule has 0 bridgehead atoms. The van der Waals surface area contributed by atoms with Crippen LogP contribution >= 0.6 is 0 Å². The van der Waals surface area contributed by atoms with Crippen molar-refractivity contribution in [2.45, 2.75) is 39.3 Å². The minimum absolute atomic E-state index is 0.0217. The molecule has 1 aliphatic heterocycles. The average Bonchev–Trinajstić information content (AvgIpc) is 2.40. The molecular formula is C15H20N2O3. The molecule has 2 rings (SSSR count). The van der Waals surface area contributed by atoms with Crippen LogP contribution in [0.5, 0.6) is 5.75 Å². The number of carbonyl (C=O) groups excluding carboxylic acids is 2. The summed E-state index contributed by atoms with van der Waals surface area (Å²) in [6.07, 6.45) is 0.0619. The standard InChI is InChI=1S/C15H20N2O3/c1-4-12-15(19)17(9-14(18)16-10(2)3)11-7-5-6-8-13(11)20-12/h5-8,10,12H,4,9H2,1-3H3,(H,16,18)/t12-/m1/s1. The fourth-order valence-electron chi connectivity index (χ4n) is 2.21. The number of hydrogen-bond donors (Lipinski definition) is 1. The fraction of sp³-hybridized carbons (Fsp3) is 0.467. The van der Waals surface area contributed by atoms with Crippen LogP contribution in [-0.4, -0.2) is 30.5 Å². The van der Waals surface area contributed by atoms with E-state index in [1.807, 2.05) is 39.0 Å². The van der Waals surface area contributed by atoms with Gasteiger partial charge in [0.2, 0.25) is 5.91 Å². The Bertz CT molecular complexity index is 514. The molecule has 0 spiro atoms. The Balaban J connectivity index is 2.25. The van der Waals surface area contributed by atoms with Crippen molar-refractivity contribution >= 4 is 17.5 Å². The zero-order valence-electron chi connectivity index (χ0n) is 12.1. The van der Waals surface area contributed by atoms with Crippen molar-refractivity contribution in [3.8, 4) is 5.75 Å². The maximum atomic E-state index is 12.4. The van der Waals surface area contributed by atoms with Gasteiger partial charge in [0.15, 0.2) is 6.10 Å². The van der Waals surface area contributed by atoms with Crippen LogP contribution in [0.1, 0.15) is 27.2 Å². The van der Waals surface area contributed by atoms with Gasteiger partial charge in [-0.1, -0.05) is 19.1 Å². The highest BCUT2D eigenvalue weighted by Crippen LogP contribution is 2.34. The molecule has 1 aliphatic rings. The van der Waals surface area contributed by atoms with Gasteiger partial charge in [-0.25, -0.2) is 0 Å². The first kappa shape index (κ1) is 14.4. The van der Waals surface area contributed by atoms with E-state index in [0.717, 1.165) is 0 Å². The maximum absolute atomic E-state index is 12.4. The molecule has 5 heteroatoms. The van der Waals surface area contributed by atoms with E-state index in [2.05, 4.69) is 5.32 Å². The minimum Gasteiger partial charge on any atom is -0.478 e. The summed E-state index contributed by atoms with van der Waals surface area (Å²) in [4.78, 5) is 25.8. The second-order valence-corrected chi connectivity index (χ2v) is 5.13. The molecule has 0 saturated carbocycles. The zero-order chi connectivity index (χ0) is 14.7. The molecule has 20 heavy (non-hydrogen) atoms. The normalized spacial score (nSPS) is 17.7. The van der Waals surface area contributed by atoms with Crippen molar-refractivity contribution in [3.63, 3.8) is 0 Å². The number of ether oxygens (including phenoxy) is 1. The number of fused-ring (bicyclic) bond motifs is 1. The Morgan fingerprint density at radius 2 is 2.10 bits per heavy atom. The first-order chi connectivity index (χ1) is 9.52. The van der Waals surface area contributed by atoms with Crippen molar-refractivity contribution < 1.29 is 14.3 Å². The van der Waals surface area contributed by atoms with Gasteiger partial charge in [0, 0.05) is 6.04 Å². The number of nitrogens with zero attached hydrogens (tertiary/aromatic N) is 1. The molecule has 1 heterocycles. The Labute approximate surface area is 118 Å². The average molecular weight is 276 g/mol. The largest absolute Gasteiger partial charge is 0.478 e. The molecule has 0 aliphatic carbocycles. The van der Waals surface area contributed by atoms with Gasteiger partial charge in [-0.2, -0.15) is 0 Å². The molecule has 2 amide bonds. The van der Waals surface area contributed by atoms with E-state index in [0.29, 0.717) is 17.9 Å². The summed E-state index contributed by atoms with van der Waals surface area (Å²) in [5.41, 5.74) is 0.654. The van der Waals surface area contributed by atoms with E-state index >= 15 is 0 Å². The minimum atomic E-state index is -0.517.